The molecule has 3 rings (SSSR count). The average Bonchev–Trinajstić information content (AvgIpc) is 2.78. The van der Waals surface area contributed by atoms with Gasteiger partial charge in [0.15, 0.2) is 9.84 Å². The molecule has 29 heavy (non-hydrogen) atoms. The second-order valence-electron chi connectivity index (χ2n) is 7.62. The monoisotopic (exact) mass is 481 g/mol. The number of fused-ring (bicyclic) bond motifs is 1. The van der Waals surface area contributed by atoms with Crippen LogP contribution in [0.25, 0.3) is 0 Å². The van der Waals surface area contributed by atoms with E-state index < -0.39 is 21.4 Å². The van der Waals surface area contributed by atoms with E-state index in [1.165, 1.54) is 12.2 Å². The van der Waals surface area contributed by atoms with Crippen molar-refractivity contribution < 1.29 is 18.4 Å². The van der Waals surface area contributed by atoms with Gasteiger partial charge in [-0.15, -0.1) is 0 Å². The van der Waals surface area contributed by atoms with Gasteiger partial charge in [0.05, 0.1) is 33.8 Å². The molecule has 0 bridgehead atoms. The summed E-state index contributed by atoms with van der Waals surface area (Å²) in [5.41, 5.74) is 0.534. The Hall–Kier alpha value is -1.41. The van der Waals surface area contributed by atoms with E-state index in [0.29, 0.717) is 28.6 Å². The third-order valence-corrected chi connectivity index (χ3v) is 8.43. The molecule has 0 saturated carbocycles. The number of benzene rings is 2. The fourth-order valence-electron chi connectivity index (χ4n) is 4.18. The van der Waals surface area contributed by atoms with Crippen LogP contribution < -0.4 is 4.74 Å². The number of rotatable bonds is 6. The topological polar surface area (TPSA) is 66.8 Å². The van der Waals surface area contributed by atoms with Crippen LogP contribution in [-0.2, 0) is 9.84 Å². The number of hydroxylamine groups is 2. The molecule has 1 heterocycles. The molecule has 158 valence electrons. The molecule has 0 aliphatic carbocycles. The Kier molecular flexibility index (Phi) is 6.73. The summed E-state index contributed by atoms with van der Waals surface area (Å²) in [5, 5.41) is 12.9. The molecule has 0 fully saturated rings. The van der Waals surface area contributed by atoms with Crippen molar-refractivity contribution in [1.82, 2.24) is 5.06 Å². The van der Waals surface area contributed by atoms with Gasteiger partial charge in [-0.05, 0) is 46.0 Å². The number of nitrogens with zero attached hydrogens (tertiary/aromatic N) is 1. The minimum Gasteiger partial charge on any atom is -0.496 e. The van der Waals surface area contributed by atoms with Crippen LogP contribution >= 0.6 is 15.9 Å². The molecule has 2 aromatic carbocycles. The molecular formula is C22H28BrNO4S. The molecule has 2 atom stereocenters. The summed E-state index contributed by atoms with van der Waals surface area (Å²) in [6, 6.07) is 12.3. The third kappa shape index (κ3) is 4.10. The smallest absolute Gasteiger partial charge is 0.180 e. The summed E-state index contributed by atoms with van der Waals surface area (Å²) >= 11 is 3.49. The predicted molar refractivity (Wildman–Crippen MR) is 117 cm³/mol. The van der Waals surface area contributed by atoms with E-state index in [2.05, 4.69) is 22.9 Å². The number of unbranched alkanes of at least 4 members (excludes halogenated alkanes) is 1. The van der Waals surface area contributed by atoms with Crippen molar-refractivity contribution in [3.63, 3.8) is 0 Å². The van der Waals surface area contributed by atoms with E-state index in [9.17, 15) is 13.6 Å². The number of ether oxygens (including phenoxy) is 1. The number of halogens is 1. The van der Waals surface area contributed by atoms with Gasteiger partial charge in [0.1, 0.15) is 5.75 Å². The molecule has 1 aliphatic heterocycles. The van der Waals surface area contributed by atoms with Crippen molar-refractivity contribution in [2.24, 2.45) is 0 Å². The van der Waals surface area contributed by atoms with Gasteiger partial charge in [0.25, 0.3) is 0 Å². The lowest BCUT2D eigenvalue weighted by Gasteiger charge is -2.42. The van der Waals surface area contributed by atoms with Crippen molar-refractivity contribution in [3.8, 4) is 5.75 Å². The quantitative estimate of drug-likeness (QED) is 0.600. The maximum Gasteiger partial charge on any atom is 0.180 e. The summed E-state index contributed by atoms with van der Waals surface area (Å²) in [6.07, 6.45) is 2.90. The second-order valence-corrected chi connectivity index (χ2v) is 10.4. The van der Waals surface area contributed by atoms with Crippen LogP contribution in [-0.4, -0.2) is 37.1 Å². The zero-order chi connectivity index (χ0) is 21.2. The third-order valence-electron chi connectivity index (χ3n) is 5.87. The van der Waals surface area contributed by atoms with Crippen LogP contribution in [0.5, 0.6) is 5.75 Å². The molecule has 1 aliphatic rings. The highest BCUT2D eigenvalue weighted by Crippen LogP contribution is 2.46. The number of hydrogen-bond donors (Lipinski definition) is 1. The van der Waals surface area contributed by atoms with Crippen LogP contribution in [0.3, 0.4) is 0 Å². The summed E-state index contributed by atoms with van der Waals surface area (Å²) < 4.78 is 33.1. The van der Waals surface area contributed by atoms with Gasteiger partial charge in [0, 0.05) is 6.07 Å². The van der Waals surface area contributed by atoms with Gasteiger partial charge in [-0.3, -0.25) is 0 Å². The van der Waals surface area contributed by atoms with E-state index in [0.717, 1.165) is 18.4 Å². The van der Waals surface area contributed by atoms with E-state index in [-0.39, 0.29) is 10.6 Å². The Labute approximate surface area is 181 Å². The summed E-state index contributed by atoms with van der Waals surface area (Å²) in [6.45, 7) is 4.02. The molecule has 0 amide bonds. The first-order valence-corrected chi connectivity index (χ1v) is 12.4. The molecule has 2 unspecified atom stereocenters. The Bertz CT molecular complexity index is 964. The summed E-state index contributed by atoms with van der Waals surface area (Å²) in [5.74, 6) is 0.329. The van der Waals surface area contributed by atoms with E-state index in [4.69, 9.17) is 4.74 Å². The fraction of sp³-hybridized carbons (Fsp3) is 0.455. The largest absolute Gasteiger partial charge is 0.496 e. The molecule has 0 aromatic heterocycles. The summed E-state index contributed by atoms with van der Waals surface area (Å²) in [4.78, 5) is 0.220. The Morgan fingerprint density at radius 3 is 2.52 bits per heavy atom. The number of hydrogen-bond acceptors (Lipinski definition) is 5. The highest BCUT2D eigenvalue weighted by molar-refractivity contribution is 9.10. The van der Waals surface area contributed by atoms with Crippen LogP contribution in [0, 0.1) is 0 Å². The first-order valence-electron chi connectivity index (χ1n) is 9.93. The molecular weight excluding hydrogens is 454 g/mol. The second kappa shape index (κ2) is 8.76. The highest BCUT2D eigenvalue weighted by Gasteiger charge is 2.48. The number of sulfone groups is 1. The maximum absolute atomic E-state index is 13.5. The van der Waals surface area contributed by atoms with Crippen molar-refractivity contribution in [1.29, 1.82) is 0 Å². The van der Waals surface area contributed by atoms with Crippen molar-refractivity contribution >= 4 is 25.8 Å². The molecule has 7 heteroatoms. The molecule has 0 saturated heterocycles. The van der Waals surface area contributed by atoms with Gasteiger partial charge in [-0.1, -0.05) is 57.0 Å². The van der Waals surface area contributed by atoms with Gasteiger partial charge in [0.2, 0.25) is 0 Å². The highest BCUT2D eigenvalue weighted by atomic mass is 79.9. The van der Waals surface area contributed by atoms with Crippen LogP contribution in [0.1, 0.15) is 56.7 Å². The zero-order valence-corrected chi connectivity index (χ0v) is 19.5. The lowest BCUT2D eigenvalue weighted by atomic mass is 9.87. The number of methoxy groups -OCH3 is 1. The molecule has 0 radical (unpaired) electrons. The van der Waals surface area contributed by atoms with Gasteiger partial charge in [-0.25, -0.2) is 8.42 Å². The average molecular weight is 482 g/mol. The fourth-order valence-corrected chi connectivity index (χ4v) is 6.87. The lowest BCUT2D eigenvalue weighted by molar-refractivity contribution is -0.193. The van der Waals surface area contributed by atoms with Crippen LogP contribution in [0.2, 0.25) is 0 Å². The Morgan fingerprint density at radius 2 is 1.93 bits per heavy atom. The first-order chi connectivity index (χ1) is 13.8. The zero-order valence-electron chi connectivity index (χ0n) is 17.1. The Balaban J connectivity index is 2.32. The molecule has 0 spiro atoms. The van der Waals surface area contributed by atoms with Crippen LogP contribution in [0.15, 0.2) is 51.8 Å². The lowest BCUT2D eigenvalue weighted by Crippen LogP contribution is -2.51. The standard InChI is InChI=1S/C22H28BrNO4S/c1-4-6-12-22(5-2)15-29(26,27)20-14-19(28-3)18(23)13-17(20)21(24(22)25)16-10-8-7-9-11-16/h7-11,13-14,21,25H,4-6,12,15H2,1-3H3. The van der Waals surface area contributed by atoms with E-state index in [1.54, 1.807) is 12.1 Å². The van der Waals surface area contributed by atoms with Crippen molar-refractivity contribution in [2.45, 2.75) is 56.0 Å². The SMILES string of the molecule is CCCCC1(CC)CS(=O)(=O)c2cc(OC)c(Br)cc2C(c2ccccc2)N1O. The molecule has 1 N–H and O–H groups in total. The van der Waals surface area contributed by atoms with Crippen molar-refractivity contribution in [2.75, 3.05) is 12.9 Å². The van der Waals surface area contributed by atoms with E-state index >= 15 is 0 Å². The van der Waals surface area contributed by atoms with Gasteiger partial charge >= 0.3 is 0 Å². The van der Waals surface area contributed by atoms with Crippen molar-refractivity contribution in [3.05, 3.63) is 58.1 Å². The maximum atomic E-state index is 13.5. The van der Waals surface area contributed by atoms with Gasteiger partial charge in [-0.2, -0.15) is 5.06 Å². The Morgan fingerprint density at radius 1 is 1.24 bits per heavy atom. The summed E-state index contributed by atoms with van der Waals surface area (Å²) in [7, 11) is -2.14. The minimum atomic E-state index is -3.65. The molecule has 5 nitrogen and oxygen atoms in total. The normalized spacial score (nSPS) is 24.0. The minimum absolute atomic E-state index is 0.131. The predicted octanol–water partition coefficient (Wildman–Crippen LogP) is 5.36. The van der Waals surface area contributed by atoms with Crippen LogP contribution in [0.4, 0.5) is 0 Å². The van der Waals surface area contributed by atoms with Gasteiger partial charge < -0.3 is 9.94 Å². The molecule has 2 aromatic rings. The van der Waals surface area contributed by atoms with E-state index in [1.807, 2.05) is 37.3 Å². The first kappa shape index (κ1) is 22.3.